The smallest absolute Gasteiger partial charge is 0.153 e. The van der Waals surface area contributed by atoms with Gasteiger partial charge in [0.1, 0.15) is 5.75 Å². The third kappa shape index (κ3) is 3.46. The molecule has 1 saturated heterocycles. The van der Waals surface area contributed by atoms with Gasteiger partial charge in [-0.2, -0.15) is 0 Å². The van der Waals surface area contributed by atoms with Crippen LogP contribution in [0.25, 0.3) is 0 Å². The van der Waals surface area contributed by atoms with Crippen LogP contribution in [0.1, 0.15) is 24.2 Å². The van der Waals surface area contributed by atoms with Crippen molar-refractivity contribution < 1.29 is 9.90 Å². The van der Waals surface area contributed by atoms with E-state index in [0.29, 0.717) is 11.8 Å². The molecule has 0 aromatic heterocycles. The van der Waals surface area contributed by atoms with Crippen LogP contribution in [0.15, 0.2) is 18.2 Å². The zero-order valence-electron chi connectivity index (χ0n) is 10.4. The van der Waals surface area contributed by atoms with Crippen LogP contribution in [0, 0.1) is 0 Å². The van der Waals surface area contributed by atoms with Gasteiger partial charge in [0.2, 0.25) is 0 Å². The topological polar surface area (TPSA) is 52.6 Å². The molecule has 0 spiro atoms. The quantitative estimate of drug-likeness (QED) is 0.766. The molecule has 0 amide bonds. The van der Waals surface area contributed by atoms with Gasteiger partial charge in [0.15, 0.2) is 6.29 Å². The van der Waals surface area contributed by atoms with Gasteiger partial charge in [0.05, 0.1) is 5.56 Å². The van der Waals surface area contributed by atoms with Crippen LogP contribution in [-0.4, -0.2) is 37.6 Å². The number of nitrogens with zero attached hydrogens (tertiary/aromatic N) is 1. The molecule has 1 aliphatic heterocycles. The molecule has 2 N–H and O–H groups in total. The maximum Gasteiger partial charge on any atom is 0.153 e. The van der Waals surface area contributed by atoms with Crippen LogP contribution >= 0.6 is 0 Å². The first kappa shape index (κ1) is 13.5. The second kappa shape index (κ2) is 6.91. The standard InChI is InChI=1S/C11H14N2O2.C2H6/c14-8-9-7-10(1-2-11(9)15)13-5-3-12-4-6-13;1-2/h1-2,7-8,12,15H,3-6H2;1-2H3. The predicted molar refractivity (Wildman–Crippen MR) is 69.9 cm³/mol. The Morgan fingerprint density at radius 2 is 1.94 bits per heavy atom. The summed E-state index contributed by atoms with van der Waals surface area (Å²) < 4.78 is 0. The number of benzene rings is 1. The van der Waals surface area contributed by atoms with E-state index < -0.39 is 0 Å². The van der Waals surface area contributed by atoms with E-state index in [4.69, 9.17) is 0 Å². The molecular formula is C13H20N2O2. The minimum absolute atomic E-state index is 0.0453. The lowest BCUT2D eigenvalue weighted by molar-refractivity contribution is 0.112. The molecule has 4 nitrogen and oxygen atoms in total. The minimum Gasteiger partial charge on any atom is -0.507 e. The fourth-order valence-corrected chi connectivity index (χ4v) is 1.76. The number of aromatic hydroxyl groups is 1. The largest absolute Gasteiger partial charge is 0.507 e. The predicted octanol–water partition coefficient (Wildman–Crippen LogP) is 1.64. The van der Waals surface area contributed by atoms with Gasteiger partial charge in [-0.3, -0.25) is 4.79 Å². The molecule has 0 aliphatic carbocycles. The fraction of sp³-hybridized carbons (Fsp3) is 0.462. The van der Waals surface area contributed by atoms with E-state index in [2.05, 4.69) is 10.2 Å². The SMILES string of the molecule is CC.O=Cc1cc(N2CCNCC2)ccc1O. The van der Waals surface area contributed by atoms with Crippen molar-refractivity contribution in [1.82, 2.24) is 5.32 Å². The summed E-state index contributed by atoms with van der Waals surface area (Å²) in [6.07, 6.45) is 0.682. The fourth-order valence-electron chi connectivity index (χ4n) is 1.76. The Morgan fingerprint density at radius 1 is 1.29 bits per heavy atom. The van der Waals surface area contributed by atoms with Gasteiger partial charge in [-0.1, -0.05) is 13.8 Å². The minimum atomic E-state index is 0.0453. The second-order valence-electron chi connectivity index (χ2n) is 3.60. The van der Waals surface area contributed by atoms with Crippen molar-refractivity contribution in [2.75, 3.05) is 31.1 Å². The summed E-state index contributed by atoms with van der Waals surface area (Å²) in [5, 5.41) is 12.6. The Morgan fingerprint density at radius 3 is 2.53 bits per heavy atom. The Hall–Kier alpha value is -1.55. The van der Waals surface area contributed by atoms with E-state index in [0.717, 1.165) is 31.9 Å². The summed E-state index contributed by atoms with van der Waals surface area (Å²) in [6.45, 7) is 7.78. The highest BCUT2D eigenvalue weighted by atomic mass is 16.3. The first-order valence-corrected chi connectivity index (χ1v) is 6.05. The van der Waals surface area contributed by atoms with Gasteiger partial charge >= 0.3 is 0 Å². The zero-order valence-corrected chi connectivity index (χ0v) is 10.4. The van der Waals surface area contributed by atoms with Crippen LogP contribution in [0.5, 0.6) is 5.75 Å². The number of phenols is 1. The van der Waals surface area contributed by atoms with Gasteiger partial charge in [-0.15, -0.1) is 0 Å². The lowest BCUT2D eigenvalue weighted by Crippen LogP contribution is -2.43. The van der Waals surface area contributed by atoms with Crippen LogP contribution < -0.4 is 10.2 Å². The normalized spacial score (nSPS) is 14.8. The molecule has 94 valence electrons. The second-order valence-corrected chi connectivity index (χ2v) is 3.60. The number of hydrogen-bond donors (Lipinski definition) is 2. The van der Waals surface area contributed by atoms with Gasteiger partial charge in [-0.25, -0.2) is 0 Å². The third-order valence-corrected chi connectivity index (χ3v) is 2.62. The lowest BCUT2D eigenvalue weighted by Gasteiger charge is -2.29. The number of carbonyl (C=O) groups excluding carboxylic acids is 1. The molecule has 1 aliphatic rings. The van der Waals surface area contributed by atoms with E-state index in [1.165, 1.54) is 0 Å². The molecule has 0 atom stereocenters. The first-order chi connectivity index (χ1) is 8.31. The van der Waals surface area contributed by atoms with Crippen LogP contribution in [-0.2, 0) is 0 Å². The average Bonchev–Trinajstić information content (AvgIpc) is 2.42. The van der Waals surface area contributed by atoms with Gasteiger partial charge in [0, 0.05) is 31.9 Å². The van der Waals surface area contributed by atoms with E-state index in [-0.39, 0.29) is 5.75 Å². The molecule has 0 radical (unpaired) electrons. The number of rotatable bonds is 2. The van der Waals surface area contributed by atoms with Crippen molar-refractivity contribution in [3.05, 3.63) is 23.8 Å². The number of piperazine rings is 1. The maximum atomic E-state index is 10.7. The Balaban J connectivity index is 0.000000686. The van der Waals surface area contributed by atoms with Gasteiger partial charge in [-0.05, 0) is 18.2 Å². The molecule has 0 unspecified atom stereocenters. The summed E-state index contributed by atoms with van der Waals surface area (Å²) >= 11 is 0. The average molecular weight is 236 g/mol. The molecule has 1 aromatic rings. The molecule has 17 heavy (non-hydrogen) atoms. The van der Waals surface area contributed by atoms with E-state index in [9.17, 15) is 9.90 Å². The third-order valence-electron chi connectivity index (χ3n) is 2.62. The monoisotopic (exact) mass is 236 g/mol. The van der Waals surface area contributed by atoms with E-state index in [1.54, 1.807) is 12.1 Å². The molecule has 0 saturated carbocycles. The zero-order chi connectivity index (χ0) is 12.7. The molecule has 1 aromatic carbocycles. The van der Waals surface area contributed by atoms with Crippen LogP contribution in [0.4, 0.5) is 5.69 Å². The molecule has 2 rings (SSSR count). The molecule has 4 heteroatoms. The summed E-state index contributed by atoms with van der Waals surface area (Å²) in [5.41, 5.74) is 1.35. The van der Waals surface area contributed by atoms with Crippen molar-refractivity contribution in [2.24, 2.45) is 0 Å². The number of nitrogens with one attached hydrogen (secondary N) is 1. The lowest BCUT2D eigenvalue weighted by atomic mass is 10.1. The van der Waals surface area contributed by atoms with Crippen molar-refractivity contribution in [3.63, 3.8) is 0 Å². The van der Waals surface area contributed by atoms with Gasteiger partial charge in [0.25, 0.3) is 0 Å². The number of carbonyl (C=O) groups is 1. The highest BCUT2D eigenvalue weighted by Gasteiger charge is 2.11. The number of hydrogen-bond acceptors (Lipinski definition) is 4. The Bertz CT molecular complexity index is 360. The van der Waals surface area contributed by atoms with Gasteiger partial charge < -0.3 is 15.3 Å². The molecule has 1 heterocycles. The molecular weight excluding hydrogens is 216 g/mol. The van der Waals surface area contributed by atoms with Crippen molar-refractivity contribution in [1.29, 1.82) is 0 Å². The van der Waals surface area contributed by atoms with Crippen LogP contribution in [0.3, 0.4) is 0 Å². The summed E-state index contributed by atoms with van der Waals surface area (Å²) in [4.78, 5) is 12.9. The van der Waals surface area contributed by atoms with Crippen molar-refractivity contribution in [3.8, 4) is 5.75 Å². The summed E-state index contributed by atoms with van der Waals surface area (Å²) in [7, 11) is 0. The van der Waals surface area contributed by atoms with E-state index in [1.807, 2.05) is 19.9 Å². The number of aldehydes is 1. The first-order valence-electron chi connectivity index (χ1n) is 6.05. The van der Waals surface area contributed by atoms with Crippen molar-refractivity contribution >= 4 is 12.0 Å². The summed E-state index contributed by atoms with van der Waals surface area (Å²) in [5.74, 6) is 0.0453. The number of phenolic OH excluding ortho intramolecular Hbond substituents is 1. The van der Waals surface area contributed by atoms with Crippen molar-refractivity contribution in [2.45, 2.75) is 13.8 Å². The van der Waals surface area contributed by atoms with Crippen LogP contribution in [0.2, 0.25) is 0 Å². The maximum absolute atomic E-state index is 10.7. The number of anilines is 1. The molecule has 0 bridgehead atoms. The van der Waals surface area contributed by atoms with E-state index >= 15 is 0 Å². The molecule has 1 fully saturated rings. The highest BCUT2D eigenvalue weighted by Crippen LogP contribution is 2.22. The highest BCUT2D eigenvalue weighted by molar-refractivity contribution is 5.81. The Labute approximate surface area is 102 Å². The Kier molecular flexibility index (Phi) is 5.49. The summed E-state index contributed by atoms with van der Waals surface area (Å²) in [6, 6.07) is 5.14.